The second-order valence-corrected chi connectivity index (χ2v) is 3.71. The minimum Gasteiger partial charge on any atom is -0.399 e. The molecule has 80 valence electrons. The Hall–Kier alpha value is -2.30. The zero-order valence-corrected chi connectivity index (χ0v) is 8.83. The van der Waals surface area contributed by atoms with E-state index in [1.165, 1.54) is 0 Å². The first-order chi connectivity index (χ1) is 7.74. The van der Waals surface area contributed by atoms with Crippen LogP contribution in [0, 0.1) is 0 Å². The van der Waals surface area contributed by atoms with Gasteiger partial charge in [-0.15, -0.1) is 0 Å². The van der Waals surface area contributed by atoms with Gasteiger partial charge in [0.05, 0.1) is 11.0 Å². The largest absolute Gasteiger partial charge is 0.399 e. The Bertz CT molecular complexity index is 649. The highest BCUT2D eigenvalue weighted by Crippen LogP contribution is 2.18. The monoisotopic (exact) mass is 213 g/mol. The van der Waals surface area contributed by atoms with E-state index in [2.05, 4.69) is 10.1 Å². The number of hydrogen-bond acceptors (Lipinski definition) is 3. The van der Waals surface area contributed by atoms with Gasteiger partial charge in [-0.2, -0.15) is 5.10 Å². The van der Waals surface area contributed by atoms with E-state index in [1.807, 2.05) is 42.1 Å². The van der Waals surface area contributed by atoms with Crippen molar-refractivity contribution < 1.29 is 0 Å². The Morgan fingerprint density at radius 3 is 2.88 bits per heavy atom. The van der Waals surface area contributed by atoms with Crippen LogP contribution in [0.3, 0.4) is 0 Å². The summed E-state index contributed by atoms with van der Waals surface area (Å²) in [6.07, 6.45) is 3.66. The van der Waals surface area contributed by atoms with Crippen LogP contribution in [0.1, 0.15) is 0 Å². The molecular weight excluding hydrogens is 202 g/mol. The van der Waals surface area contributed by atoms with Gasteiger partial charge >= 0.3 is 0 Å². The average molecular weight is 213 g/mol. The second kappa shape index (κ2) is 3.10. The van der Waals surface area contributed by atoms with Crippen molar-refractivity contribution in [3.63, 3.8) is 0 Å². The van der Waals surface area contributed by atoms with Gasteiger partial charge in [-0.05, 0) is 18.2 Å². The SMILES string of the molecule is Cn1ccc(-n2cnc3cc(N)ccc32)n1. The molecule has 3 rings (SSSR count). The zero-order chi connectivity index (χ0) is 11.1. The normalized spacial score (nSPS) is 11.1. The fourth-order valence-corrected chi connectivity index (χ4v) is 1.74. The fourth-order valence-electron chi connectivity index (χ4n) is 1.74. The van der Waals surface area contributed by atoms with Crippen LogP contribution in [-0.2, 0) is 7.05 Å². The Morgan fingerprint density at radius 2 is 2.12 bits per heavy atom. The number of aromatic nitrogens is 4. The third-order valence-corrected chi connectivity index (χ3v) is 2.52. The summed E-state index contributed by atoms with van der Waals surface area (Å²) in [6.45, 7) is 0. The van der Waals surface area contributed by atoms with E-state index in [1.54, 1.807) is 11.0 Å². The van der Waals surface area contributed by atoms with Crippen LogP contribution in [0.15, 0.2) is 36.8 Å². The Labute approximate surface area is 92.1 Å². The number of nitrogens with zero attached hydrogens (tertiary/aromatic N) is 4. The van der Waals surface area contributed by atoms with Gasteiger partial charge < -0.3 is 5.73 Å². The molecule has 2 heterocycles. The van der Waals surface area contributed by atoms with Crippen molar-refractivity contribution in [3.8, 4) is 5.82 Å². The van der Waals surface area contributed by atoms with E-state index in [0.717, 1.165) is 22.5 Å². The summed E-state index contributed by atoms with van der Waals surface area (Å²) in [6, 6.07) is 7.61. The number of imidazole rings is 1. The van der Waals surface area contributed by atoms with Gasteiger partial charge in [0.1, 0.15) is 6.33 Å². The van der Waals surface area contributed by atoms with E-state index in [9.17, 15) is 0 Å². The van der Waals surface area contributed by atoms with Crippen LogP contribution in [0.25, 0.3) is 16.9 Å². The Kier molecular flexibility index (Phi) is 1.73. The van der Waals surface area contributed by atoms with Crippen molar-refractivity contribution in [1.82, 2.24) is 19.3 Å². The molecule has 1 aromatic carbocycles. The number of hydrogen-bond donors (Lipinski definition) is 1. The molecule has 0 saturated heterocycles. The van der Waals surface area contributed by atoms with Crippen molar-refractivity contribution in [1.29, 1.82) is 0 Å². The van der Waals surface area contributed by atoms with Crippen LogP contribution in [0.4, 0.5) is 5.69 Å². The summed E-state index contributed by atoms with van der Waals surface area (Å²) in [5.74, 6) is 0.856. The summed E-state index contributed by atoms with van der Waals surface area (Å²) >= 11 is 0. The van der Waals surface area contributed by atoms with Crippen LogP contribution >= 0.6 is 0 Å². The first kappa shape index (κ1) is 8.96. The minimum atomic E-state index is 0.721. The summed E-state index contributed by atoms with van der Waals surface area (Å²) in [4.78, 5) is 4.30. The lowest BCUT2D eigenvalue weighted by atomic mass is 10.3. The van der Waals surface area contributed by atoms with Crippen LogP contribution in [0.2, 0.25) is 0 Å². The number of rotatable bonds is 1. The van der Waals surface area contributed by atoms with Gasteiger partial charge in [0, 0.05) is 25.0 Å². The van der Waals surface area contributed by atoms with Gasteiger partial charge in [0.15, 0.2) is 5.82 Å². The number of nitrogen functional groups attached to an aromatic ring is 1. The Balaban J connectivity index is 2.25. The maximum Gasteiger partial charge on any atom is 0.160 e. The standard InChI is InChI=1S/C11H11N5/c1-15-5-4-11(14-15)16-7-13-9-6-8(12)2-3-10(9)16/h2-7H,12H2,1H3. The minimum absolute atomic E-state index is 0.721. The molecule has 0 spiro atoms. The smallest absolute Gasteiger partial charge is 0.160 e. The number of anilines is 1. The predicted octanol–water partition coefficient (Wildman–Crippen LogP) is 1.34. The molecule has 0 aliphatic heterocycles. The lowest BCUT2D eigenvalue weighted by molar-refractivity contribution is 0.753. The van der Waals surface area contributed by atoms with E-state index in [0.29, 0.717) is 0 Å². The number of benzene rings is 1. The molecule has 0 saturated carbocycles. The van der Waals surface area contributed by atoms with E-state index in [4.69, 9.17) is 5.73 Å². The van der Waals surface area contributed by atoms with Gasteiger partial charge in [0.2, 0.25) is 0 Å². The summed E-state index contributed by atoms with van der Waals surface area (Å²) in [7, 11) is 1.89. The zero-order valence-electron chi connectivity index (χ0n) is 8.83. The van der Waals surface area contributed by atoms with E-state index < -0.39 is 0 Å². The quantitative estimate of drug-likeness (QED) is 0.620. The van der Waals surface area contributed by atoms with Crippen LogP contribution in [0.5, 0.6) is 0 Å². The highest BCUT2D eigenvalue weighted by molar-refractivity contribution is 5.80. The molecule has 0 aliphatic rings. The lowest BCUT2D eigenvalue weighted by Gasteiger charge is -1.99. The highest BCUT2D eigenvalue weighted by Gasteiger charge is 2.06. The van der Waals surface area contributed by atoms with Gasteiger partial charge in [0.25, 0.3) is 0 Å². The van der Waals surface area contributed by atoms with Gasteiger partial charge in [-0.3, -0.25) is 9.25 Å². The molecule has 16 heavy (non-hydrogen) atoms. The van der Waals surface area contributed by atoms with Crippen molar-refractivity contribution >= 4 is 16.7 Å². The maximum atomic E-state index is 5.71. The first-order valence-electron chi connectivity index (χ1n) is 4.96. The maximum absolute atomic E-state index is 5.71. The van der Waals surface area contributed by atoms with Gasteiger partial charge in [-0.1, -0.05) is 0 Å². The van der Waals surface area contributed by atoms with Crippen molar-refractivity contribution in [2.45, 2.75) is 0 Å². The molecule has 0 atom stereocenters. The lowest BCUT2D eigenvalue weighted by Crippen LogP contribution is -1.95. The first-order valence-corrected chi connectivity index (χ1v) is 4.96. The molecule has 3 aromatic rings. The van der Waals surface area contributed by atoms with Crippen molar-refractivity contribution in [2.24, 2.45) is 7.05 Å². The number of nitrogens with two attached hydrogens (primary N) is 1. The molecule has 5 nitrogen and oxygen atoms in total. The molecule has 0 bridgehead atoms. The van der Waals surface area contributed by atoms with E-state index >= 15 is 0 Å². The molecule has 0 aliphatic carbocycles. The molecule has 0 fully saturated rings. The summed E-state index contributed by atoms with van der Waals surface area (Å²) in [5.41, 5.74) is 8.32. The molecule has 2 N–H and O–H groups in total. The third kappa shape index (κ3) is 1.25. The topological polar surface area (TPSA) is 61.7 Å². The molecule has 5 heteroatoms. The number of fused-ring (bicyclic) bond motifs is 1. The molecule has 0 unspecified atom stereocenters. The summed E-state index contributed by atoms with van der Waals surface area (Å²) in [5, 5.41) is 4.33. The van der Waals surface area contributed by atoms with E-state index in [-0.39, 0.29) is 0 Å². The molecule has 0 radical (unpaired) electrons. The molecule has 2 aromatic heterocycles. The predicted molar refractivity (Wildman–Crippen MR) is 62.2 cm³/mol. The summed E-state index contributed by atoms with van der Waals surface area (Å²) < 4.78 is 3.70. The van der Waals surface area contributed by atoms with Gasteiger partial charge in [-0.25, -0.2) is 4.98 Å². The van der Waals surface area contributed by atoms with Crippen molar-refractivity contribution in [3.05, 3.63) is 36.8 Å². The number of aryl methyl sites for hydroxylation is 1. The third-order valence-electron chi connectivity index (χ3n) is 2.52. The molecular formula is C11H11N5. The average Bonchev–Trinajstić information content (AvgIpc) is 2.83. The van der Waals surface area contributed by atoms with Crippen LogP contribution < -0.4 is 5.73 Å². The highest BCUT2D eigenvalue weighted by atomic mass is 15.3. The fraction of sp³-hybridized carbons (Fsp3) is 0.0909. The molecule has 0 amide bonds. The second-order valence-electron chi connectivity index (χ2n) is 3.71. The van der Waals surface area contributed by atoms with Crippen molar-refractivity contribution in [2.75, 3.05) is 5.73 Å². The Morgan fingerprint density at radius 1 is 1.25 bits per heavy atom. The van der Waals surface area contributed by atoms with Crippen LogP contribution in [-0.4, -0.2) is 19.3 Å².